The quantitative estimate of drug-likeness (QED) is 0.540. The van der Waals surface area contributed by atoms with Crippen LogP contribution in [0.2, 0.25) is 0 Å². The van der Waals surface area contributed by atoms with Crippen LogP contribution >= 0.6 is 0 Å². The summed E-state index contributed by atoms with van der Waals surface area (Å²) in [5, 5.41) is 8.73. The summed E-state index contributed by atoms with van der Waals surface area (Å²) < 4.78 is 43.7. The zero-order chi connectivity index (χ0) is 22.4. The molecule has 3 rings (SSSR count). The number of halogens is 1. The summed E-state index contributed by atoms with van der Waals surface area (Å²) in [5.41, 5.74) is 1.09. The number of amides is 2. The Hall–Kier alpha value is -3.60. The van der Waals surface area contributed by atoms with E-state index in [-0.39, 0.29) is 23.8 Å². The normalized spacial score (nSPS) is 11.2. The van der Waals surface area contributed by atoms with Crippen LogP contribution in [-0.2, 0) is 22.1 Å². The van der Waals surface area contributed by atoms with Crippen LogP contribution < -0.4 is 10.6 Å². The van der Waals surface area contributed by atoms with Crippen molar-refractivity contribution < 1.29 is 26.9 Å². The van der Waals surface area contributed by atoms with E-state index in [0.717, 1.165) is 18.5 Å². The third kappa shape index (κ3) is 5.51. The van der Waals surface area contributed by atoms with E-state index in [9.17, 15) is 22.4 Å². The zero-order valence-electron chi connectivity index (χ0n) is 16.5. The van der Waals surface area contributed by atoms with Crippen LogP contribution in [-0.4, -0.2) is 36.9 Å². The molecule has 31 heavy (non-hydrogen) atoms. The first-order valence-electron chi connectivity index (χ1n) is 9.23. The zero-order valence-corrected chi connectivity index (χ0v) is 17.3. The molecule has 0 unspecified atom stereocenters. The van der Waals surface area contributed by atoms with Crippen LogP contribution in [0.15, 0.2) is 58.3 Å². The van der Waals surface area contributed by atoms with Gasteiger partial charge in [-0.25, -0.2) is 12.8 Å². The number of aromatic nitrogens is 2. The number of hydrogen-bond acceptors (Lipinski definition) is 7. The van der Waals surface area contributed by atoms with Crippen LogP contribution in [0, 0.1) is 5.82 Å². The second kappa shape index (κ2) is 9.47. The summed E-state index contributed by atoms with van der Waals surface area (Å²) >= 11 is 0. The predicted octanol–water partition coefficient (Wildman–Crippen LogP) is 1.86. The van der Waals surface area contributed by atoms with Crippen LogP contribution in [0.3, 0.4) is 0 Å². The molecule has 3 aromatic rings. The number of rotatable bonds is 8. The second-order valence-electron chi connectivity index (χ2n) is 6.49. The highest BCUT2D eigenvalue weighted by atomic mass is 32.2. The van der Waals surface area contributed by atoms with Crippen LogP contribution in [0.1, 0.15) is 39.0 Å². The summed E-state index contributed by atoms with van der Waals surface area (Å²) in [6, 6.07) is 9.76. The lowest BCUT2D eigenvalue weighted by Gasteiger charge is -2.09. The van der Waals surface area contributed by atoms with Gasteiger partial charge >= 0.3 is 0 Å². The Balaban J connectivity index is 1.74. The highest BCUT2D eigenvalue weighted by Crippen LogP contribution is 2.20. The van der Waals surface area contributed by atoms with E-state index in [1.165, 1.54) is 6.07 Å². The van der Waals surface area contributed by atoms with Crippen molar-refractivity contribution in [1.82, 2.24) is 20.8 Å². The van der Waals surface area contributed by atoms with Crippen molar-refractivity contribution in [1.29, 1.82) is 0 Å². The van der Waals surface area contributed by atoms with Crippen LogP contribution in [0.25, 0.3) is 0 Å². The molecule has 0 spiro atoms. The molecule has 9 nitrogen and oxygen atoms in total. The molecule has 2 aromatic carbocycles. The van der Waals surface area contributed by atoms with Gasteiger partial charge < -0.3 is 15.2 Å². The molecule has 2 N–H and O–H groups in total. The van der Waals surface area contributed by atoms with Crippen molar-refractivity contribution >= 4 is 21.7 Å². The van der Waals surface area contributed by atoms with Crippen LogP contribution in [0.5, 0.6) is 0 Å². The average Bonchev–Trinajstić information content (AvgIpc) is 3.25. The molecular formula is C20H19FN4O5S. The number of nitrogens with zero attached hydrogens (tertiary/aromatic N) is 2. The lowest BCUT2D eigenvalue weighted by atomic mass is 10.1. The summed E-state index contributed by atoms with van der Waals surface area (Å²) in [5.74, 6) is -2.61. The van der Waals surface area contributed by atoms with Gasteiger partial charge in [0.1, 0.15) is 16.5 Å². The Bertz CT molecular complexity index is 1200. The van der Waals surface area contributed by atoms with Gasteiger partial charge in [-0.15, -0.1) is 0 Å². The molecule has 0 fully saturated rings. The fourth-order valence-corrected chi connectivity index (χ4v) is 4.05. The first kappa shape index (κ1) is 22.1. The molecule has 0 saturated heterocycles. The molecule has 1 heterocycles. The Labute approximate surface area is 177 Å². The first-order valence-corrected chi connectivity index (χ1v) is 10.9. The molecule has 0 bridgehead atoms. The smallest absolute Gasteiger partial charge is 0.251 e. The monoisotopic (exact) mass is 446 g/mol. The maximum Gasteiger partial charge on any atom is 0.251 e. The number of benzene rings is 2. The number of nitrogens with one attached hydrogen (secondary N) is 2. The Morgan fingerprint density at radius 1 is 1.06 bits per heavy atom. The highest BCUT2D eigenvalue weighted by Gasteiger charge is 2.23. The van der Waals surface area contributed by atoms with Gasteiger partial charge in [-0.2, -0.15) is 4.98 Å². The third-order valence-corrected chi connectivity index (χ3v) is 5.86. The van der Waals surface area contributed by atoms with E-state index < -0.39 is 32.2 Å². The lowest BCUT2D eigenvalue weighted by molar-refractivity contribution is 0.0946. The minimum atomic E-state index is -4.14. The van der Waals surface area contributed by atoms with Gasteiger partial charge in [0.25, 0.3) is 11.8 Å². The molecule has 1 aromatic heterocycles. The molecule has 0 radical (unpaired) electrons. The van der Waals surface area contributed by atoms with Crippen molar-refractivity contribution in [2.24, 2.45) is 0 Å². The van der Waals surface area contributed by atoms with E-state index in [2.05, 4.69) is 25.3 Å². The van der Waals surface area contributed by atoms with Crippen LogP contribution in [0.4, 0.5) is 4.39 Å². The first-order chi connectivity index (χ1) is 14.8. The molecule has 0 atom stereocenters. The molecular weight excluding hydrogens is 427 g/mol. The van der Waals surface area contributed by atoms with E-state index in [1.807, 2.05) is 0 Å². The standard InChI is InChI=1S/C20H19FN4O5S/c1-2-22-19(26)14-5-3-4-13(8-14)10-23-20(27)15-6-7-16(21)17(9-15)31(28,29)11-18-24-12-30-25-18/h3-9,12H,2,10-11H2,1H3,(H,22,26)(H,23,27). The second-order valence-corrected chi connectivity index (χ2v) is 8.45. The van der Waals surface area contributed by atoms with Gasteiger partial charge in [0, 0.05) is 24.2 Å². The number of sulfone groups is 1. The molecule has 0 aliphatic heterocycles. The average molecular weight is 446 g/mol. The minimum Gasteiger partial charge on any atom is -0.352 e. The molecule has 2 amide bonds. The van der Waals surface area contributed by atoms with Gasteiger partial charge in [-0.3, -0.25) is 9.59 Å². The van der Waals surface area contributed by atoms with Crippen molar-refractivity contribution in [2.75, 3.05) is 6.54 Å². The summed E-state index contributed by atoms with van der Waals surface area (Å²) in [7, 11) is -4.14. The Kier molecular flexibility index (Phi) is 6.75. The van der Waals surface area contributed by atoms with E-state index >= 15 is 0 Å². The van der Waals surface area contributed by atoms with Crippen molar-refractivity contribution in [2.45, 2.75) is 24.1 Å². The van der Waals surface area contributed by atoms with Gasteiger partial charge in [-0.05, 0) is 42.8 Å². The molecule has 0 aliphatic rings. The maximum absolute atomic E-state index is 14.2. The summed E-state index contributed by atoms with van der Waals surface area (Å²) in [4.78, 5) is 27.4. The number of carbonyl (C=O) groups is 2. The summed E-state index contributed by atoms with van der Waals surface area (Å²) in [6.45, 7) is 2.39. The molecule has 162 valence electrons. The Morgan fingerprint density at radius 3 is 2.52 bits per heavy atom. The molecule has 0 saturated carbocycles. The fourth-order valence-electron chi connectivity index (χ4n) is 2.76. The SMILES string of the molecule is CCNC(=O)c1cccc(CNC(=O)c2ccc(F)c(S(=O)(=O)Cc3ncon3)c2)c1. The van der Waals surface area contributed by atoms with Crippen molar-refractivity contribution in [3.63, 3.8) is 0 Å². The Morgan fingerprint density at radius 2 is 1.81 bits per heavy atom. The van der Waals surface area contributed by atoms with E-state index in [1.54, 1.807) is 31.2 Å². The van der Waals surface area contributed by atoms with E-state index in [0.29, 0.717) is 17.7 Å². The topological polar surface area (TPSA) is 131 Å². The molecule has 11 heteroatoms. The largest absolute Gasteiger partial charge is 0.352 e. The van der Waals surface area contributed by atoms with Gasteiger partial charge in [0.05, 0.1) is 0 Å². The van der Waals surface area contributed by atoms with Gasteiger partial charge in [0.15, 0.2) is 15.7 Å². The van der Waals surface area contributed by atoms with Gasteiger partial charge in [-0.1, -0.05) is 17.3 Å². The van der Waals surface area contributed by atoms with Crippen molar-refractivity contribution in [3.8, 4) is 0 Å². The summed E-state index contributed by atoms with van der Waals surface area (Å²) in [6.07, 6.45) is 0.964. The molecule has 0 aliphatic carbocycles. The van der Waals surface area contributed by atoms with Gasteiger partial charge in [0.2, 0.25) is 6.39 Å². The van der Waals surface area contributed by atoms with Crippen molar-refractivity contribution in [3.05, 3.63) is 77.2 Å². The fraction of sp³-hybridized carbons (Fsp3) is 0.200. The number of carbonyl (C=O) groups excluding carboxylic acids is 2. The van der Waals surface area contributed by atoms with E-state index in [4.69, 9.17) is 0 Å². The minimum absolute atomic E-state index is 0.0343. The predicted molar refractivity (Wildman–Crippen MR) is 107 cm³/mol. The number of hydrogen-bond donors (Lipinski definition) is 2. The lowest BCUT2D eigenvalue weighted by Crippen LogP contribution is -2.25. The maximum atomic E-state index is 14.2. The highest BCUT2D eigenvalue weighted by molar-refractivity contribution is 7.90. The third-order valence-electron chi connectivity index (χ3n) is 4.23.